The van der Waals surface area contributed by atoms with E-state index >= 15 is 0 Å². The van der Waals surface area contributed by atoms with Crippen molar-refractivity contribution in [2.75, 3.05) is 11.9 Å². The van der Waals surface area contributed by atoms with E-state index in [1.165, 1.54) is 0 Å². The second-order valence-corrected chi connectivity index (χ2v) is 4.21. The first-order valence-electron chi connectivity index (χ1n) is 6.24. The molecule has 3 aromatic heterocycles. The minimum absolute atomic E-state index is 0.232. The van der Waals surface area contributed by atoms with Gasteiger partial charge in [-0.2, -0.15) is 20.1 Å². The molecule has 9 nitrogen and oxygen atoms in total. The van der Waals surface area contributed by atoms with Gasteiger partial charge in [-0.1, -0.05) is 6.92 Å². The molecule has 3 rings (SSSR count). The first kappa shape index (κ1) is 12.3. The number of nitrogens with one attached hydrogen (secondary N) is 2. The lowest BCUT2D eigenvalue weighted by Crippen LogP contribution is -2.05. The summed E-state index contributed by atoms with van der Waals surface area (Å²) in [7, 11) is 1.77. The second-order valence-electron chi connectivity index (χ2n) is 4.21. The molecule has 0 bridgehead atoms. The summed E-state index contributed by atoms with van der Waals surface area (Å²) in [5.41, 5.74) is 0.601. The number of aryl methyl sites for hydroxylation is 1. The normalized spacial score (nSPS) is 10.9. The SMILES string of the molecule is CCCNc1nc(Oc2ncn(C)n2)c2cn[nH]c2n1. The number of fused-ring (bicyclic) bond motifs is 1. The molecule has 0 saturated carbocycles. The molecule has 0 aliphatic carbocycles. The Morgan fingerprint density at radius 3 is 3.05 bits per heavy atom. The van der Waals surface area contributed by atoms with E-state index in [2.05, 4.69) is 42.5 Å². The van der Waals surface area contributed by atoms with Gasteiger partial charge in [-0.25, -0.2) is 0 Å². The van der Waals surface area contributed by atoms with Gasteiger partial charge in [0.15, 0.2) is 5.65 Å². The highest BCUT2D eigenvalue weighted by atomic mass is 16.5. The fourth-order valence-electron chi connectivity index (χ4n) is 1.65. The average Bonchev–Trinajstić information content (AvgIpc) is 3.05. The lowest BCUT2D eigenvalue weighted by atomic mass is 10.4. The van der Waals surface area contributed by atoms with Crippen LogP contribution in [0.2, 0.25) is 0 Å². The van der Waals surface area contributed by atoms with Crippen molar-refractivity contribution in [3.8, 4) is 11.9 Å². The maximum Gasteiger partial charge on any atom is 0.342 e. The highest BCUT2D eigenvalue weighted by molar-refractivity contribution is 5.80. The Kier molecular flexibility index (Phi) is 3.15. The molecule has 0 fully saturated rings. The highest BCUT2D eigenvalue weighted by Gasteiger charge is 2.13. The number of rotatable bonds is 5. The molecule has 2 N–H and O–H groups in total. The largest absolute Gasteiger partial charge is 0.403 e. The molecule has 3 aromatic rings. The van der Waals surface area contributed by atoms with E-state index < -0.39 is 0 Å². The molecule has 3 heterocycles. The number of hydrogen-bond donors (Lipinski definition) is 2. The average molecular weight is 274 g/mol. The van der Waals surface area contributed by atoms with Gasteiger partial charge in [0.1, 0.15) is 11.7 Å². The number of anilines is 1. The minimum atomic E-state index is 0.232. The van der Waals surface area contributed by atoms with Crippen molar-refractivity contribution in [3.05, 3.63) is 12.5 Å². The summed E-state index contributed by atoms with van der Waals surface area (Å²) < 4.78 is 7.15. The van der Waals surface area contributed by atoms with Crippen LogP contribution in [-0.4, -0.2) is 41.5 Å². The molecular formula is C11H14N8O. The summed E-state index contributed by atoms with van der Waals surface area (Å²) in [4.78, 5) is 12.6. The molecular weight excluding hydrogens is 260 g/mol. The predicted molar refractivity (Wildman–Crippen MR) is 71.5 cm³/mol. The Labute approximate surface area is 114 Å². The van der Waals surface area contributed by atoms with Gasteiger partial charge in [-0.05, 0) is 6.42 Å². The fraction of sp³-hybridized carbons (Fsp3) is 0.364. The third-order valence-corrected chi connectivity index (χ3v) is 2.57. The third-order valence-electron chi connectivity index (χ3n) is 2.57. The Hall–Kier alpha value is -2.71. The monoisotopic (exact) mass is 274 g/mol. The van der Waals surface area contributed by atoms with Crippen LogP contribution in [-0.2, 0) is 7.05 Å². The van der Waals surface area contributed by atoms with Gasteiger partial charge >= 0.3 is 6.01 Å². The van der Waals surface area contributed by atoms with Gasteiger partial charge in [-0.15, -0.1) is 5.10 Å². The Morgan fingerprint density at radius 2 is 2.30 bits per heavy atom. The van der Waals surface area contributed by atoms with Crippen LogP contribution < -0.4 is 10.1 Å². The summed E-state index contributed by atoms with van der Waals surface area (Å²) in [6.45, 7) is 2.85. The number of aromatic amines is 1. The first-order valence-corrected chi connectivity index (χ1v) is 6.24. The van der Waals surface area contributed by atoms with Gasteiger partial charge in [0.25, 0.3) is 0 Å². The summed E-state index contributed by atoms with van der Waals surface area (Å²) in [6, 6.07) is 0.232. The number of ether oxygens (including phenoxy) is 1. The zero-order chi connectivity index (χ0) is 13.9. The van der Waals surface area contributed by atoms with Crippen molar-refractivity contribution >= 4 is 17.0 Å². The summed E-state index contributed by atoms with van der Waals surface area (Å²) in [6.07, 6.45) is 4.14. The fourth-order valence-corrected chi connectivity index (χ4v) is 1.65. The van der Waals surface area contributed by atoms with Crippen LogP contribution in [0.15, 0.2) is 12.5 Å². The zero-order valence-electron chi connectivity index (χ0n) is 11.2. The molecule has 0 spiro atoms. The van der Waals surface area contributed by atoms with E-state index in [0.29, 0.717) is 22.9 Å². The van der Waals surface area contributed by atoms with Crippen molar-refractivity contribution in [2.45, 2.75) is 13.3 Å². The van der Waals surface area contributed by atoms with E-state index in [0.717, 1.165) is 13.0 Å². The molecule has 0 radical (unpaired) electrons. The standard InChI is InChI=1S/C11H14N8O/c1-3-4-12-10-15-8-7(5-14-17-8)9(16-10)20-11-13-6-19(2)18-11/h5-6H,3-4H2,1-2H3,(H2,12,14,15,16,17). The second kappa shape index (κ2) is 5.11. The van der Waals surface area contributed by atoms with E-state index in [1.54, 1.807) is 24.3 Å². The minimum Gasteiger partial charge on any atom is -0.403 e. The van der Waals surface area contributed by atoms with Crippen molar-refractivity contribution in [1.82, 2.24) is 34.9 Å². The van der Waals surface area contributed by atoms with Crippen LogP contribution in [0.25, 0.3) is 11.0 Å². The number of aromatic nitrogens is 7. The maximum atomic E-state index is 5.60. The zero-order valence-corrected chi connectivity index (χ0v) is 11.2. The van der Waals surface area contributed by atoms with Crippen molar-refractivity contribution in [3.63, 3.8) is 0 Å². The van der Waals surface area contributed by atoms with Crippen LogP contribution in [0.5, 0.6) is 11.9 Å². The molecule has 9 heteroatoms. The maximum absolute atomic E-state index is 5.60. The van der Waals surface area contributed by atoms with E-state index in [-0.39, 0.29) is 6.01 Å². The van der Waals surface area contributed by atoms with Crippen molar-refractivity contribution in [2.24, 2.45) is 7.05 Å². The third kappa shape index (κ3) is 2.37. The molecule has 0 saturated heterocycles. The molecule has 0 amide bonds. The molecule has 0 unspecified atom stereocenters. The molecule has 104 valence electrons. The van der Waals surface area contributed by atoms with Crippen LogP contribution in [0.1, 0.15) is 13.3 Å². The molecule has 0 aliphatic rings. The van der Waals surface area contributed by atoms with E-state index in [4.69, 9.17) is 4.74 Å². The molecule has 0 aliphatic heterocycles. The predicted octanol–water partition coefficient (Wildman–Crippen LogP) is 1.10. The topological polar surface area (TPSA) is 106 Å². The van der Waals surface area contributed by atoms with Gasteiger partial charge in [0.2, 0.25) is 11.8 Å². The summed E-state index contributed by atoms with van der Waals surface area (Å²) >= 11 is 0. The van der Waals surface area contributed by atoms with Gasteiger partial charge in [0, 0.05) is 13.6 Å². The van der Waals surface area contributed by atoms with Crippen LogP contribution in [0.4, 0.5) is 5.95 Å². The molecule has 20 heavy (non-hydrogen) atoms. The Bertz CT molecular complexity index is 718. The van der Waals surface area contributed by atoms with Gasteiger partial charge in [0.05, 0.1) is 6.20 Å². The van der Waals surface area contributed by atoms with Crippen LogP contribution in [0.3, 0.4) is 0 Å². The smallest absolute Gasteiger partial charge is 0.342 e. The molecule has 0 aromatic carbocycles. The van der Waals surface area contributed by atoms with E-state index in [9.17, 15) is 0 Å². The van der Waals surface area contributed by atoms with Crippen LogP contribution >= 0.6 is 0 Å². The van der Waals surface area contributed by atoms with Crippen LogP contribution in [0, 0.1) is 0 Å². The highest BCUT2D eigenvalue weighted by Crippen LogP contribution is 2.25. The van der Waals surface area contributed by atoms with E-state index in [1.807, 2.05) is 0 Å². The summed E-state index contributed by atoms with van der Waals surface area (Å²) in [5, 5.41) is 14.6. The number of hydrogen-bond acceptors (Lipinski definition) is 7. The Balaban J connectivity index is 1.96. The first-order chi connectivity index (χ1) is 9.76. The molecule has 0 atom stereocenters. The van der Waals surface area contributed by atoms with Gasteiger partial charge < -0.3 is 10.1 Å². The lowest BCUT2D eigenvalue weighted by molar-refractivity contribution is 0.428. The van der Waals surface area contributed by atoms with Gasteiger partial charge in [-0.3, -0.25) is 9.78 Å². The number of nitrogens with zero attached hydrogens (tertiary/aromatic N) is 6. The summed E-state index contributed by atoms with van der Waals surface area (Å²) in [5.74, 6) is 0.850. The Morgan fingerprint density at radius 1 is 1.40 bits per heavy atom. The quantitative estimate of drug-likeness (QED) is 0.717. The lowest BCUT2D eigenvalue weighted by Gasteiger charge is -2.06. The number of H-pyrrole nitrogens is 1. The van der Waals surface area contributed by atoms with Crippen molar-refractivity contribution in [1.29, 1.82) is 0 Å². The van der Waals surface area contributed by atoms with Crippen molar-refractivity contribution < 1.29 is 4.74 Å².